The Morgan fingerprint density at radius 3 is 2.44 bits per heavy atom. The van der Waals surface area contributed by atoms with Crippen LogP contribution in [-0.4, -0.2) is 11.7 Å². The molecule has 1 aliphatic carbocycles. The minimum absolute atomic E-state index is 0.192. The third kappa shape index (κ3) is 2.98. The van der Waals surface area contributed by atoms with Crippen LogP contribution in [0.3, 0.4) is 0 Å². The highest BCUT2D eigenvalue weighted by Crippen LogP contribution is 2.43. The molecule has 1 nitrogen and oxygen atoms in total. The SMILES string of the molecule is CC1=CCCC2OC2(C)CCC=C(C)CC1. The van der Waals surface area contributed by atoms with E-state index in [1.807, 2.05) is 0 Å². The van der Waals surface area contributed by atoms with Gasteiger partial charge in [0.2, 0.25) is 0 Å². The Bertz CT molecular complexity index is 313. The number of hydrogen-bond donors (Lipinski definition) is 0. The molecular formula is C15H24O. The summed E-state index contributed by atoms with van der Waals surface area (Å²) < 4.78 is 5.83. The standard InChI is InChI=1S/C15H24O/c1-12-6-4-8-14-15(3,16-14)11-5-7-13(2)10-9-12/h6-7,14H,4-5,8-11H2,1-3H3. The molecule has 0 bridgehead atoms. The van der Waals surface area contributed by atoms with Crippen molar-refractivity contribution in [1.82, 2.24) is 0 Å². The molecule has 2 atom stereocenters. The van der Waals surface area contributed by atoms with E-state index in [0.717, 1.165) is 0 Å². The van der Waals surface area contributed by atoms with Crippen LogP contribution in [0.4, 0.5) is 0 Å². The number of allylic oxidation sites excluding steroid dienone is 4. The fourth-order valence-corrected chi connectivity index (χ4v) is 2.56. The summed E-state index contributed by atoms with van der Waals surface area (Å²) in [5.41, 5.74) is 3.27. The maximum Gasteiger partial charge on any atom is 0.0923 e. The molecule has 2 unspecified atom stereocenters. The van der Waals surface area contributed by atoms with Gasteiger partial charge in [-0.05, 0) is 59.3 Å². The maximum atomic E-state index is 5.83. The molecule has 0 N–H and O–H groups in total. The van der Waals surface area contributed by atoms with E-state index in [0.29, 0.717) is 6.10 Å². The Morgan fingerprint density at radius 2 is 1.75 bits per heavy atom. The van der Waals surface area contributed by atoms with Crippen LogP contribution in [0.1, 0.15) is 59.3 Å². The van der Waals surface area contributed by atoms with E-state index in [2.05, 4.69) is 32.9 Å². The van der Waals surface area contributed by atoms with E-state index in [4.69, 9.17) is 4.74 Å². The van der Waals surface area contributed by atoms with Gasteiger partial charge in [0.05, 0.1) is 11.7 Å². The van der Waals surface area contributed by atoms with Gasteiger partial charge in [-0.3, -0.25) is 0 Å². The number of rotatable bonds is 0. The lowest BCUT2D eigenvalue weighted by Crippen LogP contribution is -2.09. The Hall–Kier alpha value is -0.560. The van der Waals surface area contributed by atoms with E-state index in [1.54, 1.807) is 0 Å². The fourth-order valence-electron chi connectivity index (χ4n) is 2.56. The van der Waals surface area contributed by atoms with Gasteiger partial charge in [0.15, 0.2) is 0 Å². The molecule has 0 radical (unpaired) electrons. The van der Waals surface area contributed by atoms with Crippen molar-refractivity contribution in [3.8, 4) is 0 Å². The van der Waals surface area contributed by atoms with Gasteiger partial charge < -0.3 is 4.74 Å². The van der Waals surface area contributed by atoms with Gasteiger partial charge in [0, 0.05) is 0 Å². The smallest absolute Gasteiger partial charge is 0.0923 e. The molecule has 0 saturated carbocycles. The molecule has 0 amide bonds. The molecule has 2 aliphatic rings. The van der Waals surface area contributed by atoms with Crippen molar-refractivity contribution in [1.29, 1.82) is 0 Å². The zero-order valence-electron chi connectivity index (χ0n) is 10.9. The minimum atomic E-state index is 0.192. The molecular weight excluding hydrogens is 196 g/mol. The third-order valence-electron chi connectivity index (χ3n) is 4.00. The molecule has 1 heteroatoms. The van der Waals surface area contributed by atoms with Gasteiger partial charge in [-0.1, -0.05) is 23.3 Å². The van der Waals surface area contributed by atoms with Gasteiger partial charge in [0.25, 0.3) is 0 Å². The monoisotopic (exact) mass is 220 g/mol. The predicted molar refractivity (Wildman–Crippen MR) is 68.5 cm³/mol. The van der Waals surface area contributed by atoms with E-state index in [9.17, 15) is 0 Å². The maximum absolute atomic E-state index is 5.83. The summed E-state index contributed by atoms with van der Waals surface area (Å²) in [4.78, 5) is 0. The molecule has 0 aromatic carbocycles. The Morgan fingerprint density at radius 1 is 1.12 bits per heavy atom. The van der Waals surface area contributed by atoms with Crippen LogP contribution >= 0.6 is 0 Å². The van der Waals surface area contributed by atoms with E-state index in [1.165, 1.54) is 49.7 Å². The highest BCUT2D eigenvalue weighted by Gasteiger charge is 2.50. The Labute approximate surface area is 99.6 Å². The van der Waals surface area contributed by atoms with Crippen molar-refractivity contribution in [2.45, 2.75) is 71.0 Å². The molecule has 16 heavy (non-hydrogen) atoms. The normalized spacial score (nSPS) is 36.3. The zero-order valence-corrected chi connectivity index (χ0v) is 10.9. The van der Waals surface area contributed by atoms with Gasteiger partial charge in [0.1, 0.15) is 0 Å². The molecule has 1 fully saturated rings. The number of ether oxygens (including phenoxy) is 1. The summed E-state index contributed by atoms with van der Waals surface area (Å²) in [6, 6.07) is 0. The van der Waals surface area contributed by atoms with Crippen LogP contribution in [0.5, 0.6) is 0 Å². The highest BCUT2D eigenvalue weighted by atomic mass is 16.6. The van der Waals surface area contributed by atoms with Crippen molar-refractivity contribution in [2.75, 3.05) is 0 Å². The summed E-state index contributed by atoms with van der Waals surface area (Å²) >= 11 is 0. The summed E-state index contributed by atoms with van der Waals surface area (Å²) in [6.07, 6.45) is 12.5. The first-order valence-corrected chi connectivity index (χ1v) is 6.59. The molecule has 1 aliphatic heterocycles. The van der Waals surface area contributed by atoms with Gasteiger partial charge in [-0.15, -0.1) is 0 Å². The average Bonchev–Trinajstić information content (AvgIpc) is 2.85. The Kier molecular flexibility index (Phi) is 3.53. The van der Waals surface area contributed by atoms with Crippen LogP contribution in [0, 0.1) is 0 Å². The lowest BCUT2D eigenvalue weighted by Gasteiger charge is -2.07. The van der Waals surface area contributed by atoms with Crippen LogP contribution < -0.4 is 0 Å². The largest absolute Gasteiger partial charge is 0.366 e. The number of fused-ring (bicyclic) bond motifs is 1. The van der Waals surface area contributed by atoms with Crippen molar-refractivity contribution in [3.63, 3.8) is 0 Å². The first-order chi connectivity index (χ1) is 7.60. The van der Waals surface area contributed by atoms with Gasteiger partial charge in [-0.25, -0.2) is 0 Å². The topological polar surface area (TPSA) is 12.5 Å². The molecule has 90 valence electrons. The highest BCUT2D eigenvalue weighted by molar-refractivity contribution is 5.09. The van der Waals surface area contributed by atoms with E-state index < -0.39 is 0 Å². The average molecular weight is 220 g/mol. The summed E-state index contributed by atoms with van der Waals surface area (Å²) in [7, 11) is 0. The Balaban J connectivity index is 1.99. The molecule has 2 rings (SSSR count). The summed E-state index contributed by atoms with van der Waals surface area (Å²) in [6.45, 7) is 6.78. The van der Waals surface area contributed by atoms with Crippen molar-refractivity contribution < 1.29 is 4.74 Å². The minimum Gasteiger partial charge on any atom is -0.366 e. The molecule has 1 saturated heterocycles. The van der Waals surface area contributed by atoms with Crippen molar-refractivity contribution in [3.05, 3.63) is 23.3 Å². The lowest BCUT2D eigenvalue weighted by atomic mass is 9.95. The zero-order chi connectivity index (χ0) is 11.6. The van der Waals surface area contributed by atoms with E-state index in [-0.39, 0.29) is 5.60 Å². The van der Waals surface area contributed by atoms with E-state index >= 15 is 0 Å². The van der Waals surface area contributed by atoms with Crippen LogP contribution in [0.25, 0.3) is 0 Å². The quantitative estimate of drug-likeness (QED) is 0.435. The lowest BCUT2D eigenvalue weighted by molar-refractivity contribution is 0.295. The van der Waals surface area contributed by atoms with Gasteiger partial charge >= 0.3 is 0 Å². The second-order valence-electron chi connectivity index (χ2n) is 5.64. The number of epoxide rings is 1. The first-order valence-electron chi connectivity index (χ1n) is 6.59. The second kappa shape index (κ2) is 4.75. The molecule has 0 aromatic heterocycles. The molecule has 1 heterocycles. The summed E-state index contributed by atoms with van der Waals surface area (Å²) in [5.74, 6) is 0. The van der Waals surface area contributed by atoms with Crippen molar-refractivity contribution >= 4 is 0 Å². The molecule has 0 spiro atoms. The van der Waals surface area contributed by atoms with Crippen LogP contribution in [-0.2, 0) is 4.74 Å². The fraction of sp³-hybridized carbons (Fsp3) is 0.733. The molecule has 0 aromatic rings. The van der Waals surface area contributed by atoms with Gasteiger partial charge in [-0.2, -0.15) is 0 Å². The van der Waals surface area contributed by atoms with Crippen LogP contribution in [0.2, 0.25) is 0 Å². The first kappa shape index (κ1) is 11.9. The summed E-state index contributed by atoms with van der Waals surface area (Å²) in [5, 5.41) is 0. The van der Waals surface area contributed by atoms with Crippen LogP contribution in [0.15, 0.2) is 23.3 Å². The predicted octanol–water partition coefficient (Wildman–Crippen LogP) is 4.39. The number of hydrogen-bond acceptors (Lipinski definition) is 1. The third-order valence-corrected chi connectivity index (χ3v) is 4.00. The van der Waals surface area contributed by atoms with Crippen molar-refractivity contribution in [2.24, 2.45) is 0 Å². The second-order valence-corrected chi connectivity index (χ2v) is 5.64.